The summed E-state index contributed by atoms with van der Waals surface area (Å²) in [6.07, 6.45) is 1.00. The standard InChI is InChI=1S/C23H37NO7/c1-28-10-20-6-5-14(25)22-12-7-11-13(29-2)8-21(26,15(12)16(11)30-3)23(27,19(22)24-9-20)18(31-4)17(20)22/h11-19,24-27H,5-10H2,1-4H3/t11-,12-,13+,14+,15-,16+,17-,18+,19-,20+,21-,22+,23+/m1/s1. The lowest BCUT2D eigenvalue weighted by Crippen LogP contribution is -2.81. The first-order chi connectivity index (χ1) is 14.8. The monoisotopic (exact) mass is 439 g/mol. The maximum atomic E-state index is 12.6. The van der Waals surface area contributed by atoms with E-state index in [9.17, 15) is 15.3 Å². The van der Waals surface area contributed by atoms with Gasteiger partial charge in [-0.15, -0.1) is 0 Å². The molecule has 13 atom stereocenters. The molecule has 6 rings (SSSR count). The predicted octanol–water partition coefficient (Wildman–Crippen LogP) is -0.461. The molecule has 0 aromatic rings. The van der Waals surface area contributed by atoms with Crippen molar-refractivity contribution in [3.05, 3.63) is 0 Å². The molecule has 31 heavy (non-hydrogen) atoms. The number of aliphatic hydroxyl groups excluding tert-OH is 1. The average Bonchev–Trinajstić information content (AvgIpc) is 3.16. The summed E-state index contributed by atoms with van der Waals surface area (Å²) < 4.78 is 23.7. The number of ether oxygens (including phenoxy) is 4. The molecule has 0 amide bonds. The number of rotatable bonds is 5. The zero-order valence-electron chi connectivity index (χ0n) is 18.9. The van der Waals surface area contributed by atoms with Crippen LogP contribution in [0.2, 0.25) is 0 Å². The molecule has 1 heterocycles. The van der Waals surface area contributed by atoms with Crippen molar-refractivity contribution in [2.45, 2.75) is 67.3 Å². The maximum absolute atomic E-state index is 12.6. The second kappa shape index (κ2) is 6.42. The second-order valence-electron chi connectivity index (χ2n) is 11.3. The minimum absolute atomic E-state index is 0.00218. The molecule has 0 aromatic carbocycles. The summed E-state index contributed by atoms with van der Waals surface area (Å²) in [5.74, 6) is -0.245. The van der Waals surface area contributed by atoms with Gasteiger partial charge in [-0.2, -0.15) is 0 Å². The van der Waals surface area contributed by atoms with E-state index in [-0.39, 0.29) is 41.3 Å². The Morgan fingerprint density at radius 3 is 2.48 bits per heavy atom. The average molecular weight is 440 g/mol. The fourth-order valence-electron chi connectivity index (χ4n) is 10.3. The van der Waals surface area contributed by atoms with E-state index in [1.165, 1.54) is 0 Å². The van der Waals surface area contributed by atoms with Crippen LogP contribution >= 0.6 is 0 Å². The van der Waals surface area contributed by atoms with Crippen molar-refractivity contribution in [1.29, 1.82) is 0 Å². The molecule has 5 aliphatic carbocycles. The summed E-state index contributed by atoms with van der Waals surface area (Å²) in [6.45, 7) is 1.22. The van der Waals surface area contributed by atoms with Crippen molar-refractivity contribution < 1.29 is 34.3 Å². The third kappa shape index (κ3) is 1.96. The Morgan fingerprint density at radius 2 is 1.84 bits per heavy atom. The van der Waals surface area contributed by atoms with Crippen LogP contribution in [0.3, 0.4) is 0 Å². The molecule has 176 valence electrons. The van der Waals surface area contributed by atoms with Crippen LogP contribution in [-0.2, 0) is 18.9 Å². The first-order valence-electron chi connectivity index (χ1n) is 11.7. The minimum atomic E-state index is -1.56. The zero-order valence-corrected chi connectivity index (χ0v) is 18.9. The van der Waals surface area contributed by atoms with Gasteiger partial charge in [0.2, 0.25) is 0 Å². The summed E-state index contributed by atoms with van der Waals surface area (Å²) >= 11 is 0. The number of piperidine rings is 1. The van der Waals surface area contributed by atoms with Crippen molar-refractivity contribution in [1.82, 2.24) is 5.32 Å². The van der Waals surface area contributed by atoms with E-state index in [4.69, 9.17) is 18.9 Å². The SMILES string of the molecule is COC[C@]12CC[C@H](O)[C@]34[C@@H]5C[C@H]6[C@H](OC)[C@@H]5[C@](O)(C[C@@H]6OC)[C@@](O)([C@@H]3NC1)[C@@H](OC)[C@H]24. The van der Waals surface area contributed by atoms with E-state index in [0.717, 1.165) is 12.8 Å². The van der Waals surface area contributed by atoms with E-state index in [2.05, 4.69) is 5.32 Å². The molecule has 8 nitrogen and oxygen atoms in total. The van der Waals surface area contributed by atoms with Crippen LogP contribution in [0.15, 0.2) is 0 Å². The van der Waals surface area contributed by atoms with Crippen LogP contribution in [0, 0.1) is 34.5 Å². The molecule has 7 bridgehead atoms. The van der Waals surface area contributed by atoms with Crippen molar-refractivity contribution in [3.63, 3.8) is 0 Å². The van der Waals surface area contributed by atoms with Crippen molar-refractivity contribution >= 4 is 0 Å². The van der Waals surface area contributed by atoms with Gasteiger partial charge >= 0.3 is 0 Å². The summed E-state index contributed by atoms with van der Waals surface area (Å²) in [5, 5.41) is 40.4. The van der Waals surface area contributed by atoms with Gasteiger partial charge in [-0.25, -0.2) is 0 Å². The molecule has 6 aliphatic rings. The van der Waals surface area contributed by atoms with E-state index < -0.39 is 34.9 Å². The van der Waals surface area contributed by atoms with Gasteiger partial charge in [-0.3, -0.25) is 0 Å². The Morgan fingerprint density at radius 1 is 1.06 bits per heavy atom. The maximum Gasteiger partial charge on any atom is 0.136 e. The van der Waals surface area contributed by atoms with E-state index in [1.807, 2.05) is 0 Å². The zero-order chi connectivity index (χ0) is 22.0. The summed E-state index contributed by atoms with van der Waals surface area (Å²) in [7, 11) is 6.71. The molecule has 1 aliphatic heterocycles. The third-order valence-electron chi connectivity index (χ3n) is 10.9. The summed E-state index contributed by atoms with van der Waals surface area (Å²) in [4.78, 5) is 0. The number of methoxy groups -OCH3 is 4. The van der Waals surface area contributed by atoms with Gasteiger partial charge in [0.1, 0.15) is 11.2 Å². The fourth-order valence-corrected chi connectivity index (χ4v) is 10.3. The van der Waals surface area contributed by atoms with Crippen LogP contribution in [-0.4, -0.2) is 98.6 Å². The Kier molecular flexibility index (Phi) is 4.39. The Hall–Kier alpha value is -0.320. The van der Waals surface area contributed by atoms with Crippen LogP contribution in [0.5, 0.6) is 0 Å². The van der Waals surface area contributed by atoms with Crippen molar-refractivity contribution in [2.75, 3.05) is 41.6 Å². The van der Waals surface area contributed by atoms with Gasteiger partial charge in [0.25, 0.3) is 0 Å². The molecule has 5 saturated carbocycles. The van der Waals surface area contributed by atoms with Crippen molar-refractivity contribution in [2.24, 2.45) is 34.5 Å². The highest BCUT2D eigenvalue weighted by atomic mass is 16.5. The lowest BCUT2D eigenvalue weighted by molar-refractivity contribution is -0.300. The quantitative estimate of drug-likeness (QED) is 0.456. The van der Waals surface area contributed by atoms with Gasteiger partial charge in [0.15, 0.2) is 0 Å². The van der Waals surface area contributed by atoms with Gasteiger partial charge in [-0.05, 0) is 25.2 Å². The largest absolute Gasteiger partial charge is 0.392 e. The third-order valence-corrected chi connectivity index (χ3v) is 10.9. The number of hydrogen-bond acceptors (Lipinski definition) is 8. The molecule has 4 N–H and O–H groups in total. The number of aliphatic hydroxyl groups is 3. The first-order valence-corrected chi connectivity index (χ1v) is 11.7. The molecule has 1 saturated heterocycles. The molecular formula is C23H37NO7. The Balaban J connectivity index is 1.63. The van der Waals surface area contributed by atoms with Crippen LogP contribution in [0.4, 0.5) is 0 Å². The Labute approximate surface area is 183 Å². The Bertz CT molecular complexity index is 768. The smallest absolute Gasteiger partial charge is 0.136 e. The van der Waals surface area contributed by atoms with Gasteiger partial charge in [0.05, 0.1) is 37.1 Å². The molecule has 6 fully saturated rings. The van der Waals surface area contributed by atoms with Crippen LogP contribution in [0.25, 0.3) is 0 Å². The van der Waals surface area contributed by atoms with Gasteiger partial charge in [-0.1, -0.05) is 0 Å². The lowest BCUT2D eigenvalue weighted by atomic mass is 9.43. The number of fused-ring (bicyclic) bond motifs is 2. The normalized spacial score (nSPS) is 63.4. The molecule has 0 aromatic heterocycles. The van der Waals surface area contributed by atoms with Crippen molar-refractivity contribution in [3.8, 4) is 0 Å². The van der Waals surface area contributed by atoms with E-state index in [1.54, 1.807) is 28.4 Å². The highest BCUT2D eigenvalue weighted by Gasteiger charge is 2.90. The molecular weight excluding hydrogens is 402 g/mol. The molecule has 8 heteroatoms. The van der Waals surface area contributed by atoms with E-state index >= 15 is 0 Å². The fraction of sp³-hybridized carbons (Fsp3) is 1.00. The predicted molar refractivity (Wildman–Crippen MR) is 109 cm³/mol. The highest BCUT2D eigenvalue weighted by molar-refractivity contribution is 5.41. The number of hydrogen-bond donors (Lipinski definition) is 4. The summed E-state index contributed by atoms with van der Waals surface area (Å²) in [5.41, 5.74) is -3.85. The summed E-state index contributed by atoms with van der Waals surface area (Å²) in [6, 6.07) is -0.451. The second-order valence-corrected chi connectivity index (χ2v) is 11.3. The van der Waals surface area contributed by atoms with Gasteiger partial charge < -0.3 is 39.6 Å². The first kappa shape index (κ1) is 21.2. The van der Waals surface area contributed by atoms with Crippen LogP contribution in [0.1, 0.15) is 25.7 Å². The van der Waals surface area contributed by atoms with E-state index in [0.29, 0.717) is 26.0 Å². The lowest BCUT2D eigenvalue weighted by Gasteiger charge is -2.67. The van der Waals surface area contributed by atoms with Gasteiger partial charge in [0, 0.05) is 70.0 Å². The highest BCUT2D eigenvalue weighted by Crippen LogP contribution is 2.78. The number of nitrogens with one attached hydrogen (secondary N) is 1. The molecule has 0 radical (unpaired) electrons. The topological polar surface area (TPSA) is 110 Å². The molecule has 1 spiro atoms. The minimum Gasteiger partial charge on any atom is -0.392 e. The molecule has 0 unspecified atom stereocenters. The van der Waals surface area contributed by atoms with Crippen LogP contribution < -0.4 is 5.32 Å².